The topological polar surface area (TPSA) is 130 Å². The minimum absolute atomic E-state index is 0.0277. The Bertz CT molecular complexity index is 1830. The van der Waals surface area contributed by atoms with Crippen LogP contribution in [0.15, 0.2) is 113 Å². The van der Waals surface area contributed by atoms with Gasteiger partial charge in [0.1, 0.15) is 5.75 Å². The van der Waals surface area contributed by atoms with Gasteiger partial charge in [0.25, 0.3) is 20.0 Å². The van der Waals surface area contributed by atoms with Crippen molar-refractivity contribution in [2.45, 2.75) is 36.5 Å². The highest BCUT2D eigenvalue weighted by Gasteiger charge is 2.26. The second-order valence-corrected chi connectivity index (χ2v) is 13.7. The van der Waals surface area contributed by atoms with Gasteiger partial charge in [0, 0.05) is 26.2 Å². The second kappa shape index (κ2) is 13.7. The van der Waals surface area contributed by atoms with Crippen LogP contribution in [0.1, 0.15) is 37.0 Å². The van der Waals surface area contributed by atoms with E-state index in [9.17, 15) is 26.4 Å². The van der Waals surface area contributed by atoms with E-state index < -0.39 is 26.0 Å². The Balaban J connectivity index is 1.49. The number of carbonyl (C=O) groups is 2. The Hall–Kier alpha value is -4.68. The van der Waals surface area contributed by atoms with Crippen LogP contribution >= 0.6 is 0 Å². The van der Waals surface area contributed by atoms with E-state index >= 15 is 0 Å². The van der Waals surface area contributed by atoms with Crippen molar-refractivity contribution in [2.24, 2.45) is 0 Å². The number of benzene rings is 4. The number of rotatable bonds is 12. The summed E-state index contributed by atoms with van der Waals surface area (Å²) in [6.07, 6.45) is 1.46. The van der Waals surface area contributed by atoms with Crippen LogP contribution in [-0.2, 0) is 24.8 Å². The third kappa shape index (κ3) is 7.44. The molecule has 0 saturated heterocycles. The van der Waals surface area contributed by atoms with Crippen molar-refractivity contribution in [1.29, 1.82) is 0 Å². The third-order valence-corrected chi connectivity index (χ3v) is 10.3. The number of carbonyl (C=O) groups excluding carboxylic acids is 2. The van der Waals surface area contributed by atoms with E-state index in [0.29, 0.717) is 23.5 Å². The van der Waals surface area contributed by atoms with Crippen molar-refractivity contribution >= 4 is 49.0 Å². The Morgan fingerprint density at radius 2 is 1.41 bits per heavy atom. The number of nitrogens with one attached hydrogen (secondary N) is 1. The molecule has 12 heteroatoms. The molecule has 0 aliphatic heterocycles. The minimum atomic E-state index is -3.97. The number of hydrogen-bond donors (Lipinski definition) is 1. The van der Waals surface area contributed by atoms with E-state index in [1.165, 1.54) is 91.1 Å². The van der Waals surface area contributed by atoms with Gasteiger partial charge >= 0.3 is 5.97 Å². The predicted octanol–water partition coefficient (Wildman–Crippen LogP) is 5.68. The molecule has 0 bridgehead atoms. The zero-order valence-electron chi connectivity index (χ0n) is 24.5. The lowest BCUT2D eigenvalue weighted by Crippen LogP contribution is -2.32. The quantitative estimate of drug-likeness (QED) is 0.156. The molecule has 0 aliphatic carbocycles. The summed E-state index contributed by atoms with van der Waals surface area (Å²) >= 11 is 0. The second-order valence-electron chi connectivity index (χ2n) is 9.86. The van der Waals surface area contributed by atoms with E-state index in [1.807, 2.05) is 13.0 Å². The fourth-order valence-corrected chi connectivity index (χ4v) is 7.04. The summed E-state index contributed by atoms with van der Waals surface area (Å²) in [5, 5.41) is 2.59. The molecule has 4 aromatic rings. The maximum absolute atomic E-state index is 13.6. The predicted molar refractivity (Wildman–Crippen MR) is 170 cm³/mol. The molecular weight excluding hydrogens is 603 g/mol. The summed E-state index contributed by atoms with van der Waals surface area (Å²) in [5.41, 5.74) is 1.36. The van der Waals surface area contributed by atoms with Gasteiger partial charge in [0.05, 0.1) is 26.7 Å². The summed E-state index contributed by atoms with van der Waals surface area (Å²) < 4.78 is 61.4. The Morgan fingerprint density at radius 1 is 0.750 bits per heavy atom. The molecule has 1 amide bonds. The van der Waals surface area contributed by atoms with Crippen LogP contribution in [0.4, 0.5) is 17.1 Å². The van der Waals surface area contributed by atoms with Crippen LogP contribution in [0.25, 0.3) is 0 Å². The van der Waals surface area contributed by atoms with Crippen molar-refractivity contribution in [1.82, 2.24) is 0 Å². The van der Waals surface area contributed by atoms with Crippen molar-refractivity contribution in [3.05, 3.63) is 109 Å². The Kier molecular flexibility index (Phi) is 10.1. The molecule has 230 valence electrons. The van der Waals surface area contributed by atoms with Gasteiger partial charge in [-0.05, 0) is 85.3 Å². The first-order chi connectivity index (χ1) is 20.9. The van der Waals surface area contributed by atoms with Gasteiger partial charge in [0.15, 0.2) is 0 Å². The molecule has 44 heavy (non-hydrogen) atoms. The monoisotopic (exact) mass is 635 g/mol. The fraction of sp³-hybridized carbons (Fsp3) is 0.188. The summed E-state index contributed by atoms with van der Waals surface area (Å²) in [7, 11) is -6.49. The number of unbranched alkanes of at least 4 members (excludes halogenated alkanes) is 1. The standard InChI is InChI=1S/C32H33N3O7S2/c1-4-5-22-35(28-11-7-6-8-12-28)44(40,41)31-13-9-10-25(23-31)32(37)42-29-18-16-27(17-19-29)34(3)43(38,39)30-20-14-26(15-21-30)33-24(2)36/h6-21,23H,4-5,22H2,1-3H3,(H,33,36). The molecule has 0 heterocycles. The van der Waals surface area contributed by atoms with Crippen molar-refractivity contribution in [2.75, 3.05) is 27.5 Å². The maximum Gasteiger partial charge on any atom is 0.343 e. The van der Waals surface area contributed by atoms with Crippen LogP contribution < -0.4 is 18.7 Å². The number of ether oxygens (including phenoxy) is 1. The molecule has 0 aliphatic rings. The van der Waals surface area contributed by atoms with Crippen LogP contribution in [-0.4, -0.2) is 42.3 Å². The molecule has 0 unspecified atom stereocenters. The number of hydrogen-bond acceptors (Lipinski definition) is 7. The number of amides is 1. The van der Waals surface area contributed by atoms with Gasteiger partial charge in [-0.2, -0.15) is 0 Å². The number of sulfonamides is 2. The van der Waals surface area contributed by atoms with Gasteiger partial charge in [-0.15, -0.1) is 0 Å². The van der Waals surface area contributed by atoms with E-state index in [-0.39, 0.29) is 33.6 Å². The molecular formula is C32H33N3O7S2. The highest BCUT2D eigenvalue weighted by atomic mass is 32.2. The average molecular weight is 636 g/mol. The Labute approximate surface area is 258 Å². The molecule has 0 radical (unpaired) electrons. The van der Waals surface area contributed by atoms with E-state index in [1.54, 1.807) is 24.3 Å². The molecule has 0 aromatic heterocycles. The molecule has 0 atom stereocenters. The lowest BCUT2D eigenvalue weighted by atomic mass is 10.2. The van der Waals surface area contributed by atoms with Crippen LogP contribution in [0.5, 0.6) is 5.75 Å². The number of esters is 1. The maximum atomic E-state index is 13.6. The zero-order valence-corrected chi connectivity index (χ0v) is 26.1. The summed E-state index contributed by atoms with van der Waals surface area (Å²) in [6.45, 7) is 3.62. The first kappa shape index (κ1) is 32.2. The van der Waals surface area contributed by atoms with Gasteiger partial charge in [-0.3, -0.25) is 13.4 Å². The van der Waals surface area contributed by atoms with Crippen LogP contribution in [0.3, 0.4) is 0 Å². The lowest BCUT2D eigenvalue weighted by Gasteiger charge is -2.24. The highest BCUT2D eigenvalue weighted by Crippen LogP contribution is 2.27. The molecule has 10 nitrogen and oxygen atoms in total. The average Bonchev–Trinajstić information content (AvgIpc) is 3.01. The van der Waals surface area contributed by atoms with Gasteiger partial charge in [0.2, 0.25) is 5.91 Å². The smallest absolute Gasteiger partial charge is 0.343 e. The van der Waals surface area contributed by atoms with Gasteiger partial charge in [-0.1, -0.05) is 37.6 Å². The van der Waals surface area contributed by atoms with E-state index in [0.717, 1.165) is 10.7 Å². The molecule has 4 aromatic carbocycles. The number of para-hydroxylation sites is 1. The Morgan fingerprint density at radius 3 is 2.02 bits per heavy atom. The fourth-order valence-electron chi connectivity index (χ4n) is 4.30. The largest absolute Gasteiger partial charge is 0.423 e. The summed E-state index contributed by atoms with van der Waals surface area (Å²) in [5.74, 6) is -0.894. The van der Waals surface area contributed by atoms with Crippen molar-refractivity contribution in [3.8, 4) is 5.75 Å². The molecule has 0 spiro atoms. The minimum Gasteiger partial charge on any atom is -0.423 e. The third-order valence-electron chi connectivity index (χ3n) is 6.66. The highest BCUT2D eigenvalue weighted by molar-refractivity contribution is 7.93. The molecule has 0 fully saturated rings. The summed E-state index contributed by atoms with van der Waals surface area (Å²) in [6, 6.07) is 26.1. The first-order valence-corrected chi connectivity index (χ1v) is 16.7. The molecule has 0 saturated carbocycles. The zero-order chi connectivity index (χ0) is 31.9. The molecule has 1 N–H and O–H groups in total. The van der Waals surface area contributed by atoms with Crippen molar-refractivity contribution in [3.63, 3.8) is 0 Å². The SMILES string of the molecule is CCCCN(c1ccccc1)S(=O)(=O)c1cccc(C(=O)Oc2ccc(N(C)S(=O)(=O)c3ccc(NC(C)=O)cc3)cc2)c1. The summed E-state index contributed by atoms with van der Waals surface area (Å²) in [4.78, 5) is 24.2. The number of anilines is 3. The normalized spacial score (nSPS) is 11.4. The first-order valence-electron chi connectivity index (χ1n) is 13.8. The van der Waals surface area contributed by atoms with Crippen LogP contribution in [0, 0.1) is 0 Å². The van der Waals surface area contributed by atoms with Crippen molar-refractivity contribution < 1.29 is 31.2 Å². The number of nitrogens with zero attached hydrogens (tertiary/aromatic N) is 2. The van der Waals surface area contributed by atoms with Crippen LogP contribution in [0.2, 0.25) is 0 Å². The van der Waals surface area contributed by atoms with E-state index in [2.05, 4.69) is 5.32 Å². The van der Waals surface area contributed by atoms with Gasteiger partial charge < -0.3 is 10.1 Å². The van der Waals surface area contributed by atoms with Gasteiger partial charge in [-0.25, -0.2) is 21.6 Å². The van der Waals surface area contributed by atoms with E-state index in [4.69, 9.17) is 4.74 Å². The lowest BCUT2D eigenvalue weighted by molar-refractivity contribution is -0.114. The molecule has 4 rings (SSSR count).